The van der Waals surface area contributed by atoms with Crippen molar-refractivity contribution in [2.45, 2.75) is 46.5 Å². The lowest BCUT2D eigenvalue weighted by Crippen LogP contribution is -2.50. The predicted molar refractivity (Wildman–Crippen MR) is 141 cm³/mol. The lowest BCUT2D eigenvalue weighted by molar-refractivity contribution is -0.132. The molecule has 36 heavy (non-hydrogen) atoms. The van der Waals surface area contributed by atoms with Crippen molar-refractivity contribution in [3.05, 3.63) is 76.6 Å². The van der Waals surface area contributed by atoms with Crippen LogP contribution in [0.1, 0.15) is 59.1 Å². The maximum atomic E-state index is 13.0. The Hall–Kier alpha value is -3.74. The molecule has 1 fully saturated rings. The van der Waals surface area contributed by atoms with E-state index in [2.05, 4.69) is 13.8 Å². The van der Waals surface area contributed by atoms with Gasteiger partial charge < -0.3 is 9.80 Å². The van der Waals surface area contributed by atoms with Crippen LogP contribution < -0.4 is 0 Å². The largest absolute Gasteiger partial charge is 0.339 e. The van der Waals surface area contributed by atoms with Crippen molar-refractivity contribution in [3.8, 4) is 0 Å². The van der Waals surface area contributed by atoms with Gasteiger partial charge in [-0.15, -0.1) is 0 Å². The molecule has 0 radical (unpaired) electrons. The number of aromatic nitrogens is 3. The molecule has 2 amide bonds. The number of hydrogen-bond acceptors (Lipinski definition) is 4. The zero-order valence-corrected chi connectivity index (χ0v) is 21.5. The summed E-state index contributed by atoms with van der Waals surface area (Å²) in [5.41, 5.74) is 6.75. The molecule has 7 heteroatoms. The van der Waals surface area contributed by atoms with Crippen molar-refractivity contribution in [2.24, 2.45) is 0 Å². The van der Waals surface area contributed by atoms with Crippen LogP contribution in [0.4, 0.5) is 0 Å². The van der Waals surface area contributed by atoms with E-state index in [-0.39, 0.29) is 11.8 Å². The van der Waals surface area contributed by atoms with Crippen molar-refractivity contribution in [3.63, 3.8) is 0 Å². The first-order valence-corrected chi connectivity index (χ1v) is 12.7. The van der Waals surface area contributed by atoms with Crippen LogP contribution in [0.3, 0.4) is 0 Å². The fraction of sp³-hybridized carbons (Fsp3) is 0.379. The number of piperazine rings is 1. The zero-order chi connectivity index (χ0) is 25.4. The van der Waals surface area contributed by atoms with E-state index < -0.39 is 0 Å². The number of hydrogen-bond donors (Lipinski definition) is 0. The summed E-state index contributed by atoms with van der Waals surface area (Å²) in [6.45, 7) is 10.6. The Balaban J connectivity index is 1.21. The van der Waals surface area contributed by atoms with E-state index in [1.54, 1.807) is 0 Å². The van der Waals surface area contributed by atoms with Gasteiger partial charge in [0.05, 0.1) is 5.52 Å². The van der Waals surface area contributed by atoms with Crippen molar-refractivity contribution in [1.82, 2.24) is 24.4 Å². The Labute approximate surface area is 211 Å². The topological polar surface area (TPSA) is 70.8 Å². The van der Waals surface area contributed by atoms with Gasteiger partial charge in [-0.3, -0.25) is 9.59 Å². The molecular formula is C29H33N5O2. The first-order chi connectivity index (χ1) is 17.3. The number of amides is 2. The first kappa shape index (κ1) is 24.0. The van der Waals surface area contributed by atoms with Gasteiger partial charge in [-0.2, -0.15) is 5.10 Å². The predicted octanol–water partition coefficient (Wildman–Crippen LogP) is 4.54. The molecule has 0 saturated carbocycles. The molecule has 7 nitrogen and oxygen atoms in total. The number of nitrogens with zero attached hydrogens (tertiary/aromatic N) is 5. The minimum absolute atomic E-state index is 0.0367. The van der Waals surface area contributed by atoms with Crippen LogP contribution in [0, 0.1) is 13.8 Å². The maximum Gasteiger partial charge on any atom is 0.253 e. The molecule has 4 aromatic rings. The number of rotatable bonds is 5. The molecule has 1 saturated heterocycles. The number of aryl methyl sites for hydroxylation is 2. The van der Waals surface area contributed by atoms with E-state index in [4.69, 9.17) is 10.1 Å². The van der Waals surface area contributed by atoms with Gasteiger partial charge in [0.15, 0.2) is 5.65 Å². The highest BCUT2D eigenvalue weighted by atomic mass is 16.2. The van der Waals surface area contributed by atoms with Crippen LogP contribution in [0.15, 0.2) is 48.5 Å². The van der Waals surface area contributed by atoms with E-state index in [1.165, 1.54) is 5.56 Å². The Morgan fingerprint density at radius 1 is 0.917 bits per heavy atom. The van der Waals surface area contributed by atoms with Gasteiger partial charge in [0.2, 0.25) is 5.91 Å². The monoisotopic (exact) mass is 483 g/mol. The summed E-state index contributed by atoms with van der Waals surface area (Å²) in [7, 11) is 0. The highest BCUT2D eigenvalue weighted by Gasteiger charge is 2.25. The molecule has 0 N–H and O–H groups in total. The minimum atomic E-state index is 0.0367. The average molecular weight is 484 g/mol. The van der Waals surface area contributed by atoms with Crippen molar-refractivity contribution < 1.29 is 9.59 Å². The quantitative estimate of drug-likeness (QED) is 0.418. The third-order valence-electron chi connectivity index (χ3n) is 7.35. The number of carbonyl (C=O) groups is 2. The van der Waals surface area contributed by atoms with Crippen LogP contribution >= 0.6 is 0 Å². The van der Waals surface area contributed by atoms with Crippen LogP contribution in [0.5, 0.6) is 0 Å². The van der Waals surface area contributed by atoms with Crippen LogP contribution in [-0.2, 0) is 11.2 Å². The van der Waals surface area contributed by atoms with E-state index in [0.717, 1.165) is 33.5 Å². The summed E-state index contributed by atoms with van der Waals surface area (Å²) in [5, 5.41) is 5.75. The number of fused-ring (bicyclic) bond motifs is 3. The van der Waals surface area contributed by atoms with E-state index >= 15 is 0 Å². The van der Waals surface area contributed by atoms with Crippen molar-refractivity contribution in [2.75, 3.05) is 26.2 Å². The van der Waals surface area contributed by atoms with Crippen molar-refractivity contribution in [1.29, 1.82) is 0 Å². The molecule has 0 bridgehead atoms. The second-order valence-corrected chi connectivity index (χ2v) is 9.96. The third kappa shape index (κ3) is 4.45. The van der Waals surface area contributed by atoms with E-state index in [1.807, 2.05) is 76.7 Å². The Morgan fingerprint density at radius 2 is 1.58 bits per heavy atom. The first-order valence-electron chi connectivity index (χ1n) is 12.7. The summed E-state index contributed by atoms with van der Waals surface area (Å²) in [6.07, 6.45) is 1.04. The lowest BCUT2D eigenvalue weighted by Gasteiger charge is -2.35. The Morgan fingerprint density at radius 3 is 2.28 bits per heavy atom. The van der Waals surface area contributed by atoms with Gasteiger partial charge in [0, 0.05) is 54.9 Å². The van der Waals surface area contributed by atoms with Crippen LogP contribution in [0.2, 0.25) is 0 Å². The van der Waals surface area contributed by atoms with Crippen LogP contribution in [-0.4, -0.2) is 62.4 Å². The molecule has 0 spiro atoms. The smallest absolute Gasteiger partial charge is 0.253 e. The molecule has 5 rings (SSSR count). The summed E-state index contributed by atoms with van der Waals surface area (Å²) in [4.78, 5) is 34.5. The molecule has 0 aliphatic carbocycles. The van der Waals surface area contributed by atoms with E-state index in [9.17, 15) is 9.59 Å². The minimum Gasteiger partial charge on any atom is -0.339 e. The lowest BCUT2D eigenvalue weighted by atomic mass is 10.0. The van der Waals surface area contributed by atoms with E-state index in [0.29, 0.717) is 50.5 Å². The van der Waals surface area contributed by atoms with Gasteiger partial charge >= 0.3 is 0 Å². The molecule has 1 aliphatic rings. The standard InChI is InChI=1S/C29H33N5O2/c1-19(2)22-9-11-23(12-10-22)29(36)33-17-15-32(16-18-33)27(35)14-13-24-20(3)30-28-25-7-5-6-8-26(25)31-34(28)21(24)4/h5-12,19H,13-18H2,1-4H3. The molecule has 0 atom stereocenters. The summed E-state index contributed by atoms with van der Waals surface area (Å²) in [6, 6.07) is 15.9. The highest BCUT2D eigenvalue weighted by Crippen LogP contribution is 2.23. The summed E-state index contributed by atoms with van der Waals surface area (Å²) < 4.78 is 1.90. The molecule has 1 aliphatic heterocycles. The zero-order valence-electron chi connectivity index (χ0n) is 21.5. The number of carbonyl (C=O) groups excluding carboxylic acids is 2. The Bertz CT molecular complexity index is 1430. The second-order valence-electron chi connectivity index (χ2n) is 9.96. The molecule has 0 unspecified atom stereocenters. The van der Waals surface area contributed by atoms with Gasteiger partial charge in [0.1, 0.15) is 0 Å². The number of benzene rings is 2. The van der Waals surface area contributed by atoms with Gasteiger partial charge in [-0.25, -0.2) is 9.50 Å². The third-order valence-corrected chi connectivity index (χ3v) is 7.35. The molecule has 2 aromatic carbocycles. The highest BCUT2D eigenvalue weighted by molar-refractivity contribution is 5.94. The normalized spacial score (nSPS) is 14.2. The summed E-state index contributed by atoms with van der Waals surface area (Å²) in [5.74, 6) is 0.593. The van der Waals surface area contributed by atoms with Gasteiger partial charge in [0.25, 0.3) is 5.91 Å². The van der Waals surface area contributed by atoms with Crippen LogP contribution in [0.25, 0.3) is 16.6 Å². The molecule has 2 aromatic heterocycles. The fourth-order valence-electron chi connectivity index (χ4n) is 5.08. The molecule has 186 valence electrons. The fourth-order valence-corrected chi connectivity index (χ4v) is 5.08. The molecular weight excluding hydrogens is 450 g/mol. The maximum absolute atomic E-state index is 13.0. The molecule has 3 heterocycles. The van der Waals surface area contributed by atoms with Gasteiger partial charge in [-0.05, 0) is 61.6 Å². The second kappa shape index (κ2) is 9.72. The summed E-state index contributed by atoms with van der Waals surface area (Å²) >= 11 is 0. The Kier molecular flexibility index (Phi) is 6.48. The van der Waals surface area contributed by atoms with Crippen molar-refractivity contribution >= 4 is 28.4 Å². The average Bonchev–Trinajstić information content (AvgIpc) is 3.27. The van der Waals surface area contributed by atoms with Gasteiger partial charge in [-0.1, -0.05) is 38.1 Å². The SMILES string of the molecule is Cc1nc2c3ccccc3nn2c(C)c1CCC(=O)N1CCN(C(=O)c2ccc(C(C)C)cc2)CC1.